The van der Waals surface area contributed by atoms with Gasteiger partial charge in [-0.1, -0.05) is 25.3 Å². The van der Waals surface area contributed by atoms with Crippen molar-refractivity contribution in [3.05, 3.63) is 18.2 Å². The number of carbonyl (C=O) groups excluding carboxylic acids is 1. The van der Waals surface area contributed by atoms with Gasteiger partial charge in [-0.3, -0.25) is 4.18 Å². The number of rotatable bonds is 6. The fraction of sp³-hybridized carbons (Fsp3) is 0.533. The summed E-state index contributed by atoms with van der Waals surface area (Å²) in [4.78, 5) is 10.7. The minimum absolute atomic E-state index is 0.127. The number of hydrogen-bond acceptors (Lipinski definition) is 6. The minimum atomic E-state index is -4.23. The molecule has 140 valence electrons. The van der Waals surface area contributed by atoms with Gasteiger partial charge in [-0.25, -0.2) is 13.2 Å². The molecule has 1 fully saturated rings. The number of amides is 2. The van der Waals surface area contributed by atoms with E-state index in [0.717, 1.165) is 19.3 Å². The van der Waals surface area contributed by atoms with Gasteiger partial charge in [0.2, 0.25) is 0 Å². The van der Waals surface area contributed by atoms with Crippen LogP contribution in [-0.2, 0) is 24.1 Å². The second kappa shape index (κ2) is 7.71. The minimum Gasteiger partial charge on any atom is -0.351 e. The maximum atomic E-state index is 13.0. The van der Waals surface area contributed by atoms with Gasteiger partial charge in [0, 0.05) is 0 Å². The van der Waals surface area contributed by atoms with Gasteiger partial charge < -0.3 is 11.1 Å². The molecule has 2 amide bonds. The molecule has 10 heteroatoms. The van der Waals surface area contributed by atoms with Crippen LogP contribution in [-0.4, -0.2) is 34.7 Å². The number of sulfone groups is 1. The van der Waals surface area contributed by atoms with Gasteiger partial charge in [0.15, 0.2) is 9.84 Å². The first-order valence-corrected chi connectivity index (χ1v) is 11.0. The van der Waals surface area contributed by atoms with E-state index in [1.165, 1.54) is 25.1 Å². The van der Waals surface area contributed by atoms with Gasteiger partial charge in [0.05, 0.1) is 22.4 Å². The molecule has 2 rings (SSSR count). The molecule has 1 aliphatic carbocycles. The number of primary amides is 1. The summed E-state index contributed by atoms with van der Waals surface area (Å²) in [6.45, 7) is 1.36. The third-order valence-electron chi connectivity index (χ3n) is 4.08. The number of anilines is 1. The Balaban J connectivity index is 2.63. The highest BCUT2D eigenvalue weighted by molar-refractivity contribution is 7.92. The molecule has 25 heavy (non-hydrogen) atoms. The van der Waals surface area contributed by atoms with Crippen LogP contribution in [0, 0.1) is 0 Å². The summed E-state index contributed by atoms with van der Waals surface area (Å²) in [5.74, 6) is 0. The lowest BCUT2D eigenvalue weighted by Gasteiger charge is -2.23. The molecule has 0 atom stereocenters. The monoisotopic (exact) mass is 390 g/mol. The van der Waals surface area contributed by atoms with Gasteiger partial charge in [-0.05, 0) is 31.9 Å². The molecule has 0 bridgehead atoms. The van der Waals surface area contributed by atoms with Crippen LogP contribution in [0.25, 0.3) is 0 Å². The van der Waals surface area contributed by atoms with Gasteiger partial charge >= 0.3 is 6.03 Å². The van der Waals surface area contributed by atoms with Crippen LogP contribution in [0.4, 0.5) is 10.5 Å². The van der Waals surface area contributed by atoms with Crippen molar-refractivity contribution in [1.29, 1.82) is 0 Å². The average Bonchev–Trinajstić information content (AvgIpc) is 2.55. The number of carbonyl (C=O) groups is 1. The predicted octanol–water partition coefficient (Wildman–Crippen LogP) is 2.01. The molecule has 0 spiro atoms. The Hall–Kier alpha value is -1.65. The van der Waals surface area contributed by atoms with Gasteiger partial charge in [0.25, 0.3) is 10.1 Å². The third kappa shape index (κ3) is 4.31. The second-order valence-corrected chi connectivity index (χ2v) is 9.56. The molecule has 0 aromatic heterocycles. The van der Waals surface area contributed by atoms with Gasteiger partial charge in [-0.15, -0.1) is 0 Å². The molecule has 3 N–H and O–H groups in total. The molecule has 0 radical (unpaired) electrons. The third-order valence-corrected chi connectivity index (χ3v) is 7.80. The van der Waals surface area contributed by atoms with Crippen LogP contribution in [0.2, 0.25) is 0 Å². The molecule has 8 nitrogen and oxygen atoms in total. The van der Waals surface area contributed by atoms with Crippen LogP contribution in [0.3, 0.4) is 0 Å². The smallest absolute Gasteiger partial charge is 0.316 e. The normalized spacial score (nSPS) is 16.5. The number of urea groups is 1. The summed E-state index contributed by atoms with van der Waals surface area (Å²) in [5.41, 5.74) is 4.77. The van der Waals surface area contributed by atoms with Gasteiger partial charge in [-0.2, -0.15) is 8.42 Å². The largest absolute Gasteiger partial charge is 0.351 e. The number of hydrogen-bond donors (Lipinski definition) is 2. The highest BCUT2D eigenvalue weighted by Gasteiger charge is 2.34. The van der Waals surface area contributed by atoms with Crippen LogP contribution in [0.1, 0.15) is 39.0 Å². The van der Waals surface area contributed by atoms with Crippen molar-refractivity contribution in [3.63, 3.8) is 0 Å². The molecule has 0 unspecified atom stereocenters. The second-order valence-electron chi connectivity index (χ2n) is 5.78. The maximum absolute atomic E-state index is 13.0. The molecule has 1 aromatic carbocycles. The fourth-order valence-electron chi connectivity index (χ4n) is 2.98. The molecule has 1 aromatic rings. The fourth-order valence-corrected chi connectivity index (χ4v) is 6.16. The van der Waals surface area contributed by atoms with Crippen molar-refractivity contribution in [2.45, 2.75) is 54.1 Å². The zero-order valence-electron chi connectivity index (χ0n) is 13.9. The first-order valence-electron chi connectivity index (χ1n) is 8.03. The van der Waals surface area contributed by atoms with E-state index < -0.39 is 36.1 Å². The quantitative estimate of drug-likeness (QED) is 0.714. The Labute approximate surface area is 147 Å². The first-order chi connectivity index (χ1) is 11.7. The van der Waals surface area contributed by atoms with Crippen LogP contribution in [0.15, 0.2) is 28.0 Å². The zero-order chi connectivity index (χ0) is 18.7. The van der Waals surface area contributed by atoms with E-state index in [0.29, 0.717) is 12.8 Å². The lowest BCUT2D eigenvalue weighted by Crippen LogP contribution is -2.28. The van der Waals surface area contributed by atoms with E-state index in [1.807, 2.05) is 0 Å². The molecule has 0 heterocycles. The number of benzene rings is 1. The van der Waals surface area contributed by atoms with Crippen LogP contribution in [0.5, 0.6) is 0 Å². The Morgan fingerprint density at radius 2 is 1.76 bits per heavy atom. The summed E-state index contributed by atoms with van der Waals surface area (Å²) < 4.78 is 55.3. The summed E-state index contributed by atoms with van der Waals surface area (Å²) in [5, 5.41) is 1.54. The summed E-state index contributed by atoms with van der Waals surface area (Å²) >= 11 is 0. The molecular formula is C15H22N2O6S2. The first kappa shape index (κ1) is 19.7. The Morgan fingerprint density at radius 3 is 2.32 bits per heavy atom. The molecule has 1 aliphatic rings. The van der Waals surface area contributed by atoms with E-state index in [1.54, 1.807) is 0 Å². The van der Waals surface area contributed by atoms with Crippen LogP contribution >= 0.6 is 0 Å². The SMILES string of the molecule is CCOS(=O)(=O)c1cccc(S(=O)(=O)C2CCCCC2)c1NC(N)=O. The molecule has 1 saturated carbocycles. The maximum Gasteiger partial charge on any atom is 0.316 e. The molecule has 0 aliphatic heterocycles. The lowest BCUT2D eigenvalue weighted by molar-refractivity contribution is 0.259. The predicted molar refractivity (Wildman–Crippen MR) is 92.5 cm³/mol. The van der Waals surface area contributed by atoms with Crippen molar-refractivity contribution < 1.29 is 25.8 Å². The van der Waals surface area contributed by atoms with Crippen LogP contribution < -0.4 is 11.1 Å². The summed E-state index contributed by atoms with van der Waals surface area (Å²) in [6, 6.07) is 2.71. The Kier molecular flexibility index (Phi) is 6.07. The zero-order valence-corrected chi connectivity index (χ0v) is 15.5. The van der Waals surface area contributed by atoms with Gasteiger partial charge in [0.1, 0.15) is 4.90 Å². The number of nitrogens with one attached hydrogen (secondary N) is 1. The van der Waals surface area contributed by atoms with Crippen molar-refractivity contribution >= 4 is 31.7 Å². The van der Waals surface area contributed by atoms with E-state index in [9.17, 15) is 21.6 Å². The number of para-hydroxylation sites is 1. The molecule has 0 saturated heterocycles. The van der Waals surface area contributed by atoms with Crippen molar-refractivity contribution in [1.82, 2.24) is 0 Å². The van der Waals surface area contributed by atoms with Crippen molar-refractivity contribution in [2.75, 3.05) is 11.9 Å². The highest BCUT2D eigenvalue weighted by atomic mass is 32.2. The van der Waals surface area contributed by atoms with Crippen molar-refractivity contribution in [2.24, 2.45) is 5.73 Å². The lowest BCUT2D eigenvalue weighted by atomic mass is 10.0. The van der Waals surface area contributed by atoms with E-state index >= 15 is 0 Å². The Bertz CT molecular complexity index is 843. The van der Waals surface area contributed by atoms with E-state index in [2.05, 4.69) is 5.32 Å². The van der Waals surface area contributed by atoms with E-state index in [-0.39, 0.29) is 17.2 Å². The summed E-state index contributed by atoms with van der Waals surface area (Å²) in [6.07, 6.45) is 3.55. The molecular weight excluding hydrogens is 368 g/mol. The Morgan fingerprint density at radius 1 is 1.16 bits per heavy atom. The summed E-state index contributed by atoms with van der Waals surface area (Å²) in [7, 11) is -8.06. The number of nitrogens with two attached hydrogens (primary N) is 1. The highest BCUT2D eigenvalue weighted by Crippen LogP contribution is 2.36. The average molecular weight is 390 g/mol. The van der Waals surface area contributed by atoms with E-state index in [4.69, 9.17) is 9.92 Å². The standard InChI is InChI=1S/C15H22N2O6S2/c1-2-23-25(21,22)13-10-6-9-12(14(13)17-15(16)18)24(19,20)11-7-4-3-5-8-11/h6,9-11H,2-5,7-8H2,1H3,(H3,16,17,18). The topological polar surface area (TPSA) is 133 Å². The van der Waals surface area contributed by atoms with Crippen molar-refractivity contribution in [3.8, 4) is 0 Å².